The van der Waals surface area contributed by atoms with E-state index < -0.39 is 0 Å². The molecule has 90 valence electrons. The largest absolute Gasteiger partial charge is 0.133 e. The second-order valence-corrected chi connectivity index (χ2v) is 7.11. The van der Waals surface area contributed by atoms with E-state index in [-0.39, 0.29) is 0 Å². The van der Waals surface area contributed by atoms with Gasteiger partial charge in [-0.3, -0.25) is 0 Å². The molecule has 4 heteroatoms. The number of benzene rings is 1. The van der Waals surface area contributed by atoms with Crippen molar-refractivity contribution in [1.29, 1.82) is 0 Å². The fourth-order valence-corrected chi connectivity index (χ4v) is 3.78. The Morgan fingerprint density at radius 2 is 2.06 bits per heavy atom. The summed E-state index contributed by atoms with van der Waals surface area (Å²) >= 11 is 17.3. The van der Waals surface area contributed by atoms with Crippen LogP contribution < -0.4 is 0 Å². The SMILES string of the molecule is ClCC(Cc1ccc(Br)s1)c1cccc(Cl)c1. The summed E-state index contributed by atoms with van der Waals surface area (Å²) in [4.78, 5) is 1.34. The quantitative estimate of drug-likeness (QED) is 0.618. The number of hydrogen-bond acceptors (Lipinski definition) is 1. The minimum Gasteiger partial charge on any atom is -0.133 e. The van der Waals surface area contributed by atoms with Crippen molar-refractivity contribution in [1.82, 2.24) is 0 Å². The smallest absolute Gasteiger partial charge is 0.0701 e. The summed E-state index contributed by atoms with van der Waals surface area (Å²) in [7, 11) is 0. The highest BCUT2D eigenvalue weighted by Crippen LogP contribution is 2.29. The second kappa shape index (κ2) is 6.24. The maximum absolute atomic E-state index is 6.06. The highest BCUT2D eigenvalue weighted by Gasteiger charge is 2.12. The summed E-state index contributed by atoms with van der Waals surface area (Å²) in [6.07, 6.45) is 0.958. The maximum Gasteiger partial charge on any atom is 0.0701 e. The summed E-state index contributed by atoms with van der Waals surface area (Å²) in [6.45, 7) is 0. The molecule has 17 heavy (non-hydrogen) atoms. The number of rotatable bonds is 4. The lowest BCUT2D eigenvalue weighted by molar-refractivity contribution is 0.776. The molecule has 0 amide bonds. The van der Waals surface area contributed by atoms with Crippen molar-refractivity contribution in [3.8, 4) is 0 Å². The molecule has 0 aliphatic carbocycles. The first kappa shape index (κ1) is 13.4. The van der Waals surface area contributed by atoms with Gasteiger partial charge in [0.25, 0.3) is 0 Å². The zero-order valence-electron chi connectivity index (χ0n) is 9.00. The Kier molecular flexibility index (Phi) is 4.92. The summed E-state index contributed by atoms with van der Waals surface area (Å²) in [5.41, 5.74) is 1.21. The minimum atomic E-state index is 0.320. The Hall–Kier alpha value is -0.0200. The molecule has 0 bridgehead atoms. The van der Waals surface area contributed by atoms with Crippen molar-refractivity contribution in [2.24, 2.45) is 0 Å². The van der Waals surface area contributed by atoms with Crippen LogP contribution in [-0.2, 0) is 6.42 Å². The van der Waals surface area contributed by atoms with Gasteiger partial charge in [0.2, 0.25) is 0 Å². The lowest BCUT2D eigenvalue weighted by atomic mass is 9.97. The van der Waals surface area contributed by atoms with E-state index in [9.17, 15) is 0 Å². The van der Waals surface area contributed by atoms with Crippen LogP contribution in [0.4, 0.5) is 0 Å². The van der Waals surface area contributed by atoms with E-state index in [0.717, 1.165) is 15.2 Å². The van der Waals surface area contributed by atoms with E-state index in [0.29, 0.717) is 11.8 Å². The van der Waals surface area contributed by atoms with E-state index in [1.807, 2.05) is 18.2 Å². The van der Waals surface area contributed by atoms with Gasteiger partial charge in [0.15, 0.2) is 0 Å². The van der Waals surface area contributed by atoms with Crippen molar-refractivity contribution in [3.63, 3.8) is 0 Å². The third kappa shape index (κ3) is 3.72. The summed E-state index contributed by atoms with van der Waals surface area (Å²) < 4.78 is 1.16. The Labute approximate surface area is 124 Å². The monoisotopic (exact) mass is 348 g/mol. The highest BCUT2D eigenvalue weighted by atomic mass is 79.9. The highest BCUT2D eigenvalue weighted by molar-refractivity contribution is 9.11. The molecule has 1 aromatic heterocycles. The Bertz CT molecular complexity index is 496. The molecule has 0 N–H and O–H groups in total. The normalized spacial score (nSPS) is 12.6. The van der Waals surface area contributed by atoms with E-state index in [1.165, 1.54) is 10.4 Å². The molecule has 0 fully saturated rings. The number of thiophene rings is 1. The minimum absolute atomic E-state index is 0.320. The van der Waals surface area contributed by atoms with Gasteiger partial charge in [0.1, 0.15) is 0 Å². The third-order valence-corrected chi connectivity index (χ3v) is 4.84. The van der Waals surface area contributed by atoms with Crippen molar-refractivity contribution >= 4 is 50.5 Å². The van der Waals surface area contributed by atoms with E-state index in [2.05, 4.69) is 34.1 Å². The molecule has 1 aromatic carbocycles. The van der Waals surface area contributed by atoms with Gasteiger partial charge >= 0.3 is 0 Å². The number of hydrogen-bond donors (Lipinski definition) is 0. The van der Waals surface area contributed by atoms with Gasteiger partial charge in [-0.25, -0.2) is 0 Å². The molecule has 0 aliphatic heterocycles. The van der Waals surface area contributed by atoms with E-state index in [1.54, 1.807) is 11.3 Å². The van der Waals surface area contributed by atoms with Crippen LogP contribution in [0.2, 0.25) is 5.02 Å². The fraction of sp³-hybridized carbons (Fsp3) is 0.231. The van der Waals surface area contributed by atoms with Crippen LogP contribution in [-0.4, -0.2) is 5.88 Å². The number of alkyl halides is 1. The first-order valence-corrected chi connectivity index (χ1v) is 7.77. The average Bonchev–Trinajstić information content (AvgIpc) is 2.72. The van der Waals surface area contributed by atoms with Crippen molar-refractivity contribution in [2.75, 3.05) is 5.88 Å². The zero-order valence-corrected chi connectivity index (χ0v) is 12.9. The topological polar surface area (TPSA) is 0 Å². The molecule has 1 unspecified atom stereocenters. The molecule has 0 spiro atoms. The molecular weight excluding hydrogens is 339 g/mol. The van der Waals surface area contributed by atoms with Gasteiger partial charge in [-0.2, -0.15) is 0 Å². The predicted molar refractivity (Wildman–Crippen MR) is 80.6 cm³/mol. The molecule has 0 nitrogen and oxygen atoms in total. The van der Waals surface area contributed by atoms with Crippen molar-refractivity contribution < 1.29 is 0 Å². The van der Waals surface area contributed by atoms with Gasteiger partial charge in [-0.05, 0) is 52.2 Å². The van der Waals surface area contributed by atoms with E-state index in [4.69, 9.17) is 23.2 Å². The lowest BCUT2D eigenvalue weighted by Crippen LogP contribution is -2.03. The van der Waals surface area contributed by atoms with Crippen LogP contribution in [0, 0.1) is 0 Å². The van der Waals surface area contributed by atoms with Gasteiger partial charge in [-0.1, -0.05) is 23.7 Å². The van der Waals surface area contributed by atoms with Crippen LogP contribution in [0.3, 0.4) is 0 Å². The lowest BCUT2D eigenvalue weighted by Gasteiger charge is -2.13. The number of halogens is 3. The van der Waals surface area contributed by atoms with Crippen LogP contribution in [0.25, 0.3) is 0 Å². The molecule has 2 rings (SSSR count). The standard InChI is InChI=1S/C13H11BrCl2S/c14-13-5-4-12(17-13)7-10(8-15)9-2-1-3-11(16)6-9/h1-6,10H,7-8H2. The van der Waals surface area contributed by atoms with Gasteiger partial charge < -0.3 is 0 Å². The third-order valence-electron chi connectivity index (χ3n) is 2.58. The fourth-order valence-electron chi connectivity index (χ4n) is 1.73. The van der Waals surface area contributed by atoms with Crippen LogP contribution >= 0.6 is 50.5 Å². The first-order chi connectivity index (χ1) is 8.19. The molecule has 0 saturated heterocycles. The van der Waals surface area contributed by atoms with Gasteiger partial charge in [0, 0.05) is 21.7 Å². The van der Waals surface area contributed by atoms with Crippen molar-refractivity contribution in [3.05, 3.63) is 55.6 Å². The average molecular weight is 350 g/mol. The molecule has 1 atom stereocenters. The molecule has 1 heterocycles. The second-order valence-electron chi connectivity index (χ2n) is 3.82. The predicted octanol–water partition coefficient (Wildman–Crippen LogP) is 5.73. The summed E-state index contributed by atoms with van der Waals surface area (Å²) in [5.74, 6) is 0.927. The molecule has 2 aromatic rings. The van der Waals surface area contributed by atoms with Crippen LogP contribution in [0.1, 0.15) is 16.4 Å². The van der Waals surface area contributed by atoms with E-state index >= 15 is 0 Å². The molecule has 0 radical (unpaired) electrons. The summed E-state index contributed by atoms with van der Waals surface area (Å²) in [6, 6.07) is 12.2. The van der Waals surface area contributed by atoms with Crippen molar-refractivity contribution in [2.45, 2.75) is 12.3 Å². The summed E-state index contributed by atoms with van der Waals surface area (Å²) in [5, 5.41) is 0.768. The molecular formula is C13H11BrCl2S. The zero-order chi connectivity index (χ0) is 12.3. The Morgan fingerprint density at radius 3 is 2.65 bits per heavy atom. The van der Waals surface area contributed by atoms with Crippen LogP contribution in [0.5, 0.6) is 0 Å². The molecule has 0 saturated carbocycles. The first-order valence-electron chi connectivity index (χ1n) is 5.24. The van der Waals surface area contributed by atoms with Gasteiger partial charge in [-0.15, -0.1) is 22.9 Å². The van der Waals surface area contributed by atoms with Gasteiger partial charge in [0.05, 0.1) is 3.79 Å². The maximum atomic E-state index is 6.06. The van der Waals surface area contributed by atoms with Crippen LogP contribution in [0.15, 0.2) is 40.2 Å². The Morgan fingerprint density at radius 1 is 1.24 bits per heavy atom. The Balaban J connectivity index is 2.16. The molecule has 0 aliphatic rings.